The van der Waals surface area contributed by atoms with Gasteiger partial charge in [0.2, 0.25) is 5.88 Å². The summed E-state index contributed by atoms with van der Waals surface area (Å²) in [6.07, 6.45) is 7.10. The number of nitrogens with zero attached hydrogens (tertiary/aromatic N) is 4. The van der Waals surface area contributed by atoms with Gasteiger partial charge in [-0.15, -0.1) is 0 Å². The van der Waals surface area contributed by atoms with Gasteiger partial charge in [-0.1, -0.05) is 74.0 Å². The number of benzene rings is 2. The maximum absolute atomic E-state index is 11.5. The predicted octanol–water partition coefficient (Wildman–Crippen LogP) is 6.32. The molecule has 0 aliphatic carbocycles. The zero-order valence-corrected chi connectivity index (χ0v) is 22.6. The van der Waals surface area contributed by atoms with Crippen LogP contribution in [-0.2, 0) is 6.54 Å². The maximum Gasteiger partial charge on any atom is 0.439 e. The molecule has 1 aliphatic heterocycles. The van der Waals surface area contributed by atoms with Crippen molar-refractivity contribution >= 4 is 11.3 Å². The van der Waals surface area contributed by atoms with Crippen molar-refractivity contribution in [2.45, 2.75) is 52.7 Å². The fourth-order valence-electron chi connectivity index (χ4n) is 4.87. The normalized spacial score (nSPS) is 15.2. The largest absolute Gasteiger partial charge is 0.478 e. The van der Waals surface area contributed by atoms with Crippen molar-refractivity contribution in [1.29, 1.82) is 0 Å². The first kappa shape index (κ1) is 26.2. The van der Waals surface area contributed by atoms with E-state index in [9.17, 15) is 4.79 Å². The SMILES string of the molecule is CCCC1N=C(CC)C(c2ccc(OCC)nc2)=CN1Cc1ccc(-c2ccccc2-c2noc(=O)[nH]2)cc1. The molecule has 0 saturated carbocycles. The second-order valence-corrected chi connectivity index (χ2v) is 9.42. The third-order valence-electron chi connectivity index (χ3n) is 6.77. The molecule has 0 saturated heterocycles. The smallest absolute Gasteiger partial charge is 0.439 e. The van der Waals surface area contributed by atoms with E-state index in [0.29, 0.717) is 18.3 Å². The second-order valence-electron chi connectivity index (χ2n) is 9.42. The maximum atomic E-state index is 11.5. The summed E-state index contributed by atoms with van der Waals surface area (Å²) >= 11 is 0. The minimum atomic E-state index is -0.569. The predicted molar refractivity (Wildman–Crippen MR) is 153 cm³/mol. The van der Waals surface area contributed by atoms with Crippen LogP contribution in [0, 0.1) is 0 Å². The van der Waals surface area contributed by atoms with Crippen molar-refractivity contribution in [2.75, 3.05) is 6.61 Å². The Labute approximate surface area is 228 Å². The third kappa shape index (κ3) is 5.85. The van der Waals surface area contributed by atoms with Crippen molar-refractivity contribution in [2.24, 2.45) is 4.99 Å². The number of aliphatic imine (C=N–C) groups is 1. The van der Waals surface area contributed by atoms with Gasteiger partial charge in [0, 0.05) is 47.4 Å². The zero-order chi connectivity index (χ0) is 27.2. The molecule has 1 aliphatic rings. The topological polar surface area (TPSA) is 96.6 Å². The molecule has 5 rings (SSSR count). The van der Waals surface area contributed by atoms with Crippen LogP contribution in [0.15, 0.2) is 87.4 Å². The fraction of sp³-hybridized carbons (Fsp3) is 0.290. The number of aromatic amines is 1. The van der Waals surface area contributed by atoms with Crippen molar-refractivity contribution in [1.82, 2.24) is 20.0 Å². The van der Waals surface area contributed by atoms with Crippen LogP contribution in [0.4, 0.5) is 0 Å². The van der Waals surface area contributed by atoms with Crippen molar-refractivity contribution in [3.05, 3.63) is 94.7 Å². The van der Waals surface area contributed by atoms with E-state index in [4.69, 9.17) is 14.3 Å². The highest BCUT2D eigenvalue weighted by molar-refractivity contribution is 6.24. The molecule has 2 aromatic carbocycles. The fourth-order valence-corrected chi connectivity index (χ4v) is 4.87. The lowest BCUT2D eigenvalue weighted by atomic mass is 9.97. The molecule has 8 nitrogen and oxygen atoms in total. The van der Waals surface area contributed by atoms with Gasteiger partial charge in [0.25, 0.3) is 0 Å². The molecule has 39 heavy (non-hydrogen) atoms. The van der Waals surface area contributed by atoms with Gasteiger partial charge >= 0.3 is 5.76 Å². The van der Waals surface area contributed by atoms with Crippen LogP contribution < -0.4 is 10.5 Å². The van der Waals surface area contributed by atoms with Gasteiger partial charge in [0.05, 0.1) is 6.61 Å². The Balaban J connectivity index is 1.42. The van der Waals surface area contributed by atoms with E-state index in [1.165, 1.54) is 5.56 Å². The van der Waals surface area contributed by atoms with E-state index in [2.05, 4.69) is 70.4 Å². The Bertz CT molecular complexity index is 1520. The number of H-pyrrole nitrogens is 1. The van der Waals surface area contributed by atoms with Crippen molar-refractivity contribution in [3.8, 4) is 28.4 Å². The number of ether oxygens (including phenoxy) is 1. The van der Waals surface area contributed by atoms with Gasteiger partial charge < -0.3 is 9.64 Å². The van der Waals surface area contributed by atoms with Crippen LogP contribution in [0.1, 0.15) is 51.2 Å². The van der Waals surface area contributed by atoms with E-state index in [1.807, 2.05) is 43.5 Å². The Kier molecular flexibility index (Phi) is 8.01. The number of rotatable bonds is 10. The Morgan fingerprint density at radius 3 is 2.38 bits per heavy atom. The number of nitrogens with one attached hydrogen (secondary N) is 1. The molecular formula is C31H33N5O3. The monoisotopic (exact) mass is 523 g/mol. The van der Waals surface area contributed by atoms with Crippen LogP contribution in [0.25, 0.3) is 28.1 Å². The number of hydrogen-bond acceptors (Lipinski definition) is 7. The standard InChI is InChI=1S/C31H33N5O3/c1-4-9-28-33-27(5-2)26(23-16-17-29(32-18-23)38-6-3)20-36(28)19-21-12-14-22(15-13-21)24-10-7-8-11-25(24)30-34-31(37)39-35-30/h7-8,10-18,20,28H,4-6,9,19H2,1-3H3,(H,34,35,37). The molecule has 0 bridgehead atoms. The van der Waals surface area contributed by atoms with E-state index in [1.54, 1.807) is 0 Å². The van der Waals surface area contributed by atoms with E-state index in [0.717, 1.165) is 59.3 Å². The summed E-state index contributed by atoms with van der Waals surface area (Å²) in [6, 6.07) is 20.3. The van der Waals surface area contributed by atoms with E-state index in [-0.39, 0.29) is 6.17 Å². The molecule has 200 valence electrons. The van der Waals surface area contributed by atoms with Crippen LogP contribution in [0.5, 0.6) is 5.88 Å². The van der Waals surface area contributed by atoms with Crippen LogP contribution in [-0.4, -0.2) is 38.5 Å². The molecule has 1 N–H and O–H groups in total. The van der Waals surface area contributed by atoms with Gasteiger partial charge in [-0.3, -0.25) is 14.5 Å². The quantitative estimate of drug-likeness (QED) is 0.261. The number of allylic oxidation sites excluding steroid dienone is 1. The molecule has 0 spiro atoms. The summed E-state index contributed by atoms with van der Waals surface area (Å²) in [5, 5.41) is 3.87. The highest BCUT2D eigenvalue weighted by Crippen LogP contribution is 2.31. The lowest BCUT2D eigenvalue weighted by molar-refractivity contribution is 0.258. The number of aromatic nitrogens is 3. The summed E-state index contributed by atoms with van der Waals surface area (Å²) in [5.41, 5.74) is 7.25. The average Bonchev–Trinajstić information content (AvgIpc) is 3.41. The first-order valence-corrected chi connectivity index (χ1v) is 13.5. The van der Waals surface area contributed by atoms with Crippen LogP contribution >= 0.6 is 0 Å². The van der Waals surface area contributed by atoms with Gasteiger partial charge in [0.1, 0.15) is 6.17 Å². The van der Waals surface area contributed by atoms with Crippen LogP contribution in [0.2, 0.25) is 0 Å². The molecule has 0 fully saturated rings. The molecule has 3 heterocycles. The van der Waals surface area contributed by atoms with Crippen molar-refractivity contribution < 1.29 is 9.26 Å². The minimum Gasteiger partial charge on any atom is -0.478 e. The third-order valence-corrected chi connectivity index (χ3v) is 6.77. The summed E-state index contributed by atoms with van der Waals surface area (Å²) in [7, 11) is 0. The van der Waals surface area contributed by atoms with E-state index >= 15 is 0 Å². The van der Waals surface area contributed by atoms with Gasteiger partial charge in [-0.05, 0) is 42.5 Å². The average molecular weight is 524 g/mol. The molecule has 2 aromatic heterocycles. The minimum absolute atomic E-state index is 0.0914. The van der Waals surface area contributed by atoms with Crippen LogP contribution in [0.3, 0.4) is 0 Å². The highest BCUT2D eigenvalue weighted by atomic mass is 16.5. The highest BCUT2D eigenvalue weighted by Gasteiger charge is 2.23. The molecule has 4 aromatic rings. The zero-order valence-electron chi connectivity index (χ0n) is 22.6. The Morgan fingerprint density at radius 1 is 0.974 bits per heavy atom. The molecule has 8 heteroatoms. The Morgan fingerprint density at radius 2 is 1.74 bits per heavy atom. The number of hydrogen-bond donors (Lipinski definition) is 1. The molecule has 0 radical (unpaired) electrons. The second kappa shape index (κ2) is 11.9. The molecule has 0 amide bonds. The van der Waals surface area contributed by atoms with Gasteiger partial charge in [-0.25, -0.2) is 9.78 Å². The Hall–Kier alpha value is -4.46. The lowest BCUT2D eigenvalue weighted by Crippen LogP contribution is -2.33. The summed E-state index contributed by atoms with van der Waals surface area (Å²) in [6.45, 7) is 7.63. The van der Waals surface area contributed by atoms with Gasteiger partial charge in [0.15, 0.2) is 5.82 Å². The number of pyridine rings is 1. The molecule has 1 unspecified atom stereocenters. The summed E-state index contributed by atoms with van der Waals surface area (Å²) < 4.78 is 10.3. The van der Waals surface area contributed by atoms with Gasteiger partial charge in [-0.2, -0.15) is 0 Å². The first-order chi connectivity index (χ1) is 19.1. The summed E-state index contributed by atoms with van der Waals surface area (Å²) in [4.78, 5) is 26.1. The van der Waals surface area contributed by atoms with Crippen molar-refractivity contribution in [3.63, 3.8) is 0 Å². The van der Waals surface area contributed by atoms with E-state index < -0.39 is 5.76 Å². The first-order valence-electron chi connectivity index (χ1n) is 13.5. The molecule has 1 atom stereocenters. The molecular weight excluding hydrogens is 490 g/mol. The summed E-state index contributed by atoms with van der Waals surface area (Å²) in [5.74, 6) is 0.479. The lowest BCUT2D eigenvalue weighted by Gasteiger charge is -2.33.